The smallest absolute Gasteiger partial charge is 0.143 e. The molecular weight excluding hydrogens is 254 g/mol. The summed E-state index contributed by atoms with van der Waals surface area (Å²) < 4.78 is 0. The summed E-state index contributed by atoms with van der Waals surface area (Å²) in [6.45, 7) is 1.88. The fraction of sp³-hybridized carbons (Fsp3) is 0.154. The molecule has 2 rings (SSSR count). The van der Waals surface area contributed by atoms with Crippen LogP contribution in [0.3, 0.4) is 0 Å². The Morgan fingerprint density at radius 3 is 2.82 bits per heavy atom. The maximum absolute atomic E-state index is 10.2. The van der Waals surface area contributed by atoms with Crippen LogP contribution in [0.15, 0.2) is 34.6 Å². The maximum atomic E-state index is 10.2. The molecule has 2 nitrogen and oxygen atoms in total. The molecule has 0 aliphatic heterocycles. The van der Waals surface area contributed by atoms with E-state index in [9.17, 15) is 5.11 Å². The zero-order valence-electron chi connectivity index (χ0n) is 9.57. The first-order valence-electron chi connectivity index (χ1n) is 5.13. The van der Waals surface area contributed by atoms with E-state index in [1.54, 1.807) is 7.05 Å². The Labute approximate surface area is 109 Å². The summed E-state index contributed by atoms with van der Waals surface area (Å²) in [5.41, 5.74) is 2.54. The summed E-state index contributed by atoms with van der Waals surface area (Å²) in [5.74, 6) is 0.278. The third-order valence-electron chi connectivity index (χ3n) is 2.58. The number of hydrogen-bond acceptors (Lipinski definition) is 3. The van der Waals surface area contributed by atoms with Crippen LogP contribution < -0.4 is 0 Å². The van der Waals surface area contributed by atoms with Crippen LogP contribution in [-0.2, 0) is 0 Å². The van der Waals surface area contributed by atoms with Gasteiger partial charge in [0.1, 0.15) is 5.75 Å². The number of benzene rings is 1. The van der Waals surface area contributed by atoms with E-state index in [0.29, 0.717) is 5.02 Å². The first-order chi connectivity index (χ1) is 8.13. The van der Waals surface area contributed by atoms with Crippen molar-refractivity contribution in [1.29, 1.82) is 0 Å². The molecule has 0 amide bonds. The molecule has 0 spiro atoms. The van der Waals surface area contributed by atoms with Crippen molar-refractivity contribution in [3.05, 3.63) is 40.2 Å². The van der Waals surface area contributed by atoms with Crippen LogP contribution >= 0.6 is 22.9 Å². The number of aromatic hydroxyl groups is 1. The SMILES string of the molecule is CN=C(C)c1csc(-c2cccc(Cl)c2)c1O. The van der Waals surface area contributed by atoms with E-state index in [-0.39, 0.29) is 5.75 Å². The van der Waals surface area contributed by atoms with Crippen molar-refractivity contribution in [2.75, 3.05) is 7.05 Å². The molecule has 0 fully saturated rings. The van der Waals surface area contributed by atoms with Gasteiger partial charge in [-0.3, -0.25) is 4.99 Å². The minimum atomic E-state index is 0.278. The third kappa shape index (κ3) is 2.35. The summed E-state index contributed by atoms with van der Waals surface area (Å²) in [5, 5.41) is 12.7. The van der Waals surface area contributed by atoms with E-state index < -0.39 is 0 Å². The fourth-order valence-corrected chi connectivity index (χ4v) is 2.76. The molecule has 88 valence electrons. The van der Waals surface area contributed by atoms with Crippen LogP contribution in [0, 0.1) is 0 Å². The fourth-order valence-electron chi connectivity index (χ4n) is 1.56. The van der Waals surface area contributed by atoms with E-state index >= 15 is 0 Å². The lowest BCUT2D eigenvalue weighted by molar-refractivity contribution is 0.478. The average Bonchev–Trinajstić information content (AvgIpc) is 2.70. The first-order valence-corrected chi connectivity index (χ1v) is 6.39. The van der Waals surface area contributed by atoms with Crippen LogP contribution in [0.25, 0.3) is 10.4 Å². The van der Waals surface area contributed by atoms with E-state index in [2.05, 4.69) is 4.99 Å². The number of aliphatic imine (C=N–C) groups is 1. The van der Waals surface area contributed by atoms with Crippen molar-refractivity contribution >= 4 is 28.6 Å². The first kappa shape index (κ1) is 12.1. The van der Waals surface area contributed by atoms with Crippen LogP contribution in [0.2, 0.25) is 5.02 Å². The van der Waals surface area contributed by atoms with Crippen LogP contribution in [0.5, 0.6) is 5.75 Å². The molecule has 1 aromatic carbocycles. The molecule has 17 heavy (non-hydrogen) atoms. The lowest BCUT2D eigenvalue weighted by Gasteiger charge is -2.01. The molecular formula is C13H12ClNOS. The van der Waals surface area contributed by atoms with E-state index in [4.69, 9.17) is 11.6 Å². The lowest BCUT2D eigenvalue weighted by Crippen LogP contribution is -1.91. The molecule has 2 aromatic rings. The molecule has 0 aliphatic carbocycles. The van der Waals surface area contributed by atoms with Crippen LogP contribution in [-0.4, -0.2) is 17.9 Å². The van der Waals surface area contributed by atoms with Crippen molar-refractivity contribution in [3.8, 4) is 16.2 Å². The number of nitrogens with zero attached hydrogens (tertiary/aromatic N) is 1. The highest BCUT2D eigenvalue weighted by atomic mass is 35.5. The summed E-state index contributed by atoms with van der Waals surface area (Å²) in [6.07, 6.45) is 0. The zero-order chi connectivity index (χ0) is 12.4. The van der Waals surface area contributed by atoms with Gasteiger partial charge in [-0.15, -0.1) is 11.3 Å². The molecule has 1 aromatic heterocycles. The Kier molecular flexibility index (Phi) is 3.50. The molecule has 0 aliphatic rings. The van der Waals surface area contributed by atoms with Gasteiger partial charge < -0.3 is 5.11 Å². The number of rotatable bonds is 2. The second kappa shape index (κ2) is 4.90. The minimum absolute atomic E-state index is 0.278. The minimum Gasteiger partial charge on any atom is -0.506 e. The molecule has 0 saturated carbocycles. The topological polar surface area (TPSA) is 32.6 Å². The molecule has 0 unspecified atom stereocenters. The van der Waals surface area contributed by atoms with Crippen LogP contribution in [0.1, 0.15) is 12.5 Å². The highest BCUT2D eigenvalue weighted by molar-refractivity contribution is 7.14. The quantitative estimate of drug-likeness (QED) is 0.811. The Hall–Kier alpha value is -1.32. The Bertz CT molecular complexity index is 575. The van der Waals surface area contributed by atoms with Crippen molar-refractivity contribution in [2.45, 2.75) is 6.92 Å². The predicted octanol–water partition coefficient (Wildman–Crippen LogP) is 4.21. The summed E-state index contributed by atoms with van der Waals surface area (Å²) in [4.78, 5) is 4.91. The van der Waals surface area contributed by atoms with E-state index in [1.807, 2.05) is 36.6 Å². The van der Waals surface area contributed by atoms with Crippen molar-refractivity contribution < 1.29 is 5.11 Å². The molecule has 0 saturated heterocycles. The van der Waals surface area contributed by atoms with Gasteiger partial charge in [0.15, 0.2) is 0 Å². The normalized spacial score (nSPS) is 11.8. The predicted molar refractivity (Wildman–Crippen MR) is 74.6 cm³/mol. The Morgan fingerprint density at radius 1 is 1.41 bits per heavy atom. The van der Waals surface area contributed by atoms with Gasteiger partial charge in [-0.1, -0.05) is 23.7 Å². The van der Waals surface area contributed by atoms with Gasteiger partial charge in [-0.05, 0) is 24.6 Å². The molecule has 0 bridgehead atoms. The summed E-state index contributed by atoms with van der Waals surface area (Å²) in [6, 6.07) is 7.46. The monoisotopic (exact) mass is 265 g/mol. The number of hydrogen-bond donors (Lipinski definition) is 1. The van der Waals surface area contributed by atoms with Crippen LogP contribution in [0.4, 0.5) is 0 Å². The van der Waals surface area contributed by atoms with Gasteiger partial charge >= 0.3 is 0 Å². The van der Waals surface area contributed by atoms with Gasteiger partial charge in [-0.25, -0.2) is 0 Å². The third-order valence-corrected chi connectivity index (χ3v) is 3.83. The standard InChI is InChI=1S/C13H12ClNOS/c1-8(15-2)11-7-17-13(12(11)16)9-4-3-5-10(14)6-9/h3-7,16H,1-2H3. The van der Waals surface area contributed by atoms with Gasteiger partial charge in [0.25, 0.3) is 0 Å². The van der Waals surface area contributed by atoms with E-state index in [1.165, 1.54) is 11.3 Å². The van der Waals surface area contributed by atoms with E-state index in [0.717, 1.165) is 21.7 Å². The molecule has 0 radical (unpaired) electrons. The molecule has 0 atom stereocenters. The zero-order valence-corrected chi connectivity index (χ0v) is 11.1. The largest absolute Gasteiger partial charge is 0.506 e. The van der Waals surface area contributed by atoms with Gasteiger partial charge in [0.2, 0.25) is 0 Å². The second-order valence-corrected chi connectivity index (χ2v) is 4.96. The van der Waals surface area contributed by atoms with Gasteiger partial charge in [-0.2, -0.15) is 0 Å². The summed E-state index contributed by atoms with van der Waals surface area (Å²) in [7, 11) is 1.71. The van der Waals surface area contributed by atoms with Crippen molar-refractivity contribution in [2.24, 2.45) is 4.99 Å². The highest BCUT2D eigenvalue weighted by Gasteiger charge is 2.14. The summed E-state index contributed by atoms with van der Waals surface area (Å²) >= 11 is 7.44. The highest BCUT2D eigenvalue weighted by Crippen LogP contribution is 2.39. The number of thiophene rings is 1. The maximum Gasteiger partial charge on any atom is 0.143 e. The van der Waals surface area contributed by atoms with Gasteiger partial charge in [0.05, 0.1) is 4.88 Å². The Morgan fingerprint density at radius 2 is 2.18 bits per heavy atom. The molecule has 4 heteroatoms. The molecule has 1 heterocycles. The second-order valence-electron chi connectivity index (χ2n) is 3.65. The van der Waals surface area contributed by atoms with Crippen molar-refractivity contribution in [1.82, 2.24) is 0 Å². The van der Waals surface area contributed by atoms with Crippen molar-refractivity contribution in [3.63, 3.8) is 0 Å². The van der Waals surface area contributed by atoms with Gasteiger partial charge in [0, 0.05) is 28.7 Å². The Balaban J connectivity index is 2.51. The average molecular weight is 266 g/mol. The lowest BCUT2D eigenvalue weighted by atomic mass is 10.1. The molecule has 1 N–H and O–H groups in total. The number of halogens is 1.